The Labute approximate surface area is 129 Å². The molecule has 0 aliphatic carbocycles. The van der Waals surface area contributed by atoms with Crippen LogP contribution in [0.2, 0.25) is 0 Å². The van der Waals surface area contributed by atoms with E-state index in [1.165, 1.54) is 0 Å². The number of hydrogen-bond acceptors (Lipinski definition) is 3. The van der Waals surface area contributed by atoms with E-state index in [4.69, 9.17) is 4.42 Å². The Bertz CT molecular complexity index is 751. The number of carbonyl (C=O) groups is 1. The molecule has 0 aliphatic heterocycles. The standard InChI is InChI=1S/C18H16N2O2/c1-14-12-19-17(22-14)18(21)20(16-10-6-3-7-11-16)13-15-8-4-2-5-9-15/h2-12H,13H2,1H3. The van der Waals surface area contributed by atoms with Gasteiger partial charge in [-0.3, -0.25) is 9.69 Å². The summed E-state index contributed by atoms with van der Waals surface area (Å²) in [5, 5.41) is 0. The molecule has 0 N–H and O–H groups in total. The molecule has 0 spiro atoms. The van der Waals surface area contributed by atoms with Crippen LogP contribution in [-0.4, -0.2) is 10.9 Å². The summed E-state index contributed by atoms with van der Waals surface area (Å²) in [5.74, 6) is 0.483. The fourth-order valence-electron chi connectivity index (χ4n) is 2.22. The lowest BCUT2D eigenvalue weighted by Gasteiger charge is -2.21. The summed E-state index contributed by atoms with van der Waals surface area (Å²) in [7, 11) is 0. The van der Waals surface area contributed by atoms with Crippen molar-refractivity contribution in [2.45, 2.75) is 13.5 Å². The molecule has 3 rings (SSSR count). The van der Waals surface area contributed by atoms with E-state index in [0.29, 0.717) is 12.3 Å². The number of rotatable bonds is 4. The maximum atomic E-state index is 12.7. The Balaban J connectivity index is 1.94. The van der Waals surface area contributed by atoms with Crippen LogP contribution < -0.4 is 4.90 Å². The zero-order valence-electron chi connectivity index (χ0n) is 12.3. The van der Waals surface area contributed by atoms with Crippen molar-refractivity contribution in [1.82, 2.24) is 4.98 Å². The normalized spacial score (nSPS) is 10.4. The number of anilines is 1. The van der Waals surface area contributed by atoms with E-state index in [9.17, 15) is 4.79 Å². The Kier molecular flexibility index (Phi) is 4.01. The average molecular weight is 292 g/mol. The molecule has 4 nitrogen and oxygen atoms in total. The predicted molar refractivity (Wildman–Crippen MR) is 84.6 cm³/mol. The number of carbonyl (C=O) groups excluding carboxylic acids is 1. The second-order valence-electron chi connectivity index (χ2n) is 4.99. The van der Waals surface area contributed by atoms with Crippen LogP contribution in [0, 0.1) is 6.92 Å². The highest BCUT2D eigenvalue weighted by Crippen LogP contribution is 2.20. The van der Waals surface area contributed by atoms with E-state index < -0.39 is 0 Å². The molecular weight excluding hydrogens is 276 g/mol. The first-order chi connectivity index (χ1) is 10.7. The molecule has 0 atom stereocenters. The van der Waals surface area contributed by atoms with E-state index >= 15 is 0 Å². The fraction of sp³-hybridized carbons (Fsp3) is 0.111. The zero-order valence-corrected chi connectivity index (χ0v) is 12.3. The molecule has 3 aromatic rings. The molecule has 1 aromatic heterocycles. The van der Waals surface area contributed by atoms with E-state index in [1.54, 1.807) is 18.0 Å². The van der Waals surface area contributed by atoms with Gasteiger partial charge in [0.1, 0.15) is 5.76 Å². The number of benzene rings is 2. The minimum atomic E-state index is -0.247. The molecule has 4 heteroatoms. The number of nitrogens with zero attached hydrogens (tertiary/aromatic N) is 2. The van der Waals surface area contributed by atoms with Crippen LogP contribution in [0.4, 0.5) is 5.69 Å². The van der Waals surface area contributed by atoms with Crippen molar-refractivity contribution in [3.63, 3.8) is 0 Å². The third-order valence-electron chi connectivity index (χ3n) is 3.30. The van der Waals surface area contributed by atoms with Gasteiger partial charge in [0.2, 0.25) is 0 Å². The second kappa shape index (κ2) is 6.26. The molecule has 22 heavy (non-hydrogen) atoms. The molecule has 2 aromatic carbocycles. The van der Waals surface area contributed by atoms with Crippen molar-refractivity contribution in [3.8, 4) is 0 Å². The number of hydrogen-bond donors (Lipinski definition) is 0. The van der Waals surface area contributed by atoms with E-state index in [1.807, 2.05) is 60.7 Å². The quantitative estimate of drug-likeness (QED) is 0.734. The van der Waals surface area contributed by atoms with Gasteiger partial charge in [-0.2, -0.15) is 0 Å². The summed E-state index contributed by atoms with van der Waals surface area (Å²) >= 11 is 0. The van der Waals surface area contributed by atoms with Gasteiger partial charge in [0.05, 0.1) is 12.7 Å². The highest BCUT2D eigenvalue weighted by molar-refractivity contribution is 6.02. The van der Waals surface area contributed by atoms with Crippen molar-refractivity contribution in [1.29, 1.82) is 0 Å². The topological polar surface area (TPSA) is 46.3 Å². The third kappa shape index (κ3) is 3.06. The molecule has 0 saturated carbocycles. The van der Waals surface area contributed by atoms with Crippen molar-refractivity contribution in [3.05, 3.63) is 84.1 Å². The van der Waals surface area contributed by atoms with Gasteiger partial charge in [-0.05, 0) is 24.6 Å². The summed E-state index contributed by atoms with van der Waals surface area (Å²) in [6, 6.07) is 19.4. The van der Waals surface area contributed by atoms with E-state index in [0.717, 1.165) is 11.3 Å². The van der Waals surface area contributed by atoms with Crippen LogP contribution in [0.1, 0.15) is 22.0 Å². The van der Waals surface area contributed by atoms with Gasteiger partial charge in [0, 0.05) is 5.69 Å². The number of aryl methyl sites for hydroxylation is 1. The van der Waals surface area contributed by atoms with Gasteiger partial charge in [-0.15, -0.1) is 0 Å². The molecular formula is C18H16N2O2. The molecule has 0 saturated heterocycles. The Hall–Kier alpha value is -2.88. The van der Waals surface area contributed by atoms with E-state index in [-0.39, 0.29) is 11.8 Å². The van der Waals surface area contributed by atoms with E-state index in [2.05, 4.69) is 4.98 Å². The van der Waals surface area contributed by atoms with Crippen LogP contribution in [-0.2, 0) is 6.54 Å². The second-order valence-corrected chi connectivity index (χ2v) is 4.99. The van der Waals surface area contributed by atoms with Gasteiger partial charge >= 0.3 is 5.91 Å². The van der Waals surface area contributed by atoms with Gasteiger partial charge in [-0.25, -0.2) is 4.98 Å². The average Bonchev–Trinajstić information content (AvgIpc) is 3.00. The summed E-state index contributed by atoms with van der Waals surface area (Å²) in [6.45, 7) is 2.24. The zero-order chi connectivity index (χ0) is 15.4. The number of oxazole rings is 1. The maximum absolute atomic E-state index is 12.7. The highest BCUT2D eigenvalue weighted by atomic mass is 16.4. The first-order valence-corrected chi connectivity index (χ1v) is 7.07. The van der Waals surface area contributed by atoms with Crippen molar-refractivity contribution < 1.29 is 9.21 Å². The number of amides is 1. The lowest BCUT2D eigenvalue weighted by Crippen LogP contribution is -2.30. The van der Waals surface area contributed by atoms with Gasteiger partial charge in [-0.1, -0.05) is 48.5 Å². The van der Waals surface area contributed by atoms with Gasteiger partial charge in [0.25, 0.3) is 5.89 Å². The van der Waals surface area contributed by atoms with Crippen molar-refractivity contribution in [2.75, 3.05) is 4.90 Å². The van der Waals surface area contributed by atoms with Crippen LogP contribution in [0.15, 0.2) is 71.3 Å². The SMILES string of the molecule is Cc1cnc(C(=O)N(Cc2ccccc2)c2ccccc2)o1. The van der Waals surface area contributed by atoms with Crippen LogP contribution in [0.5, 0.6) is 0 Å². The monoisotopic (exact) mass is 292 g/mol. The molecule has 110 valence electrons. The number of para-hydroxylation sites is 1. The number of aromatic nitrogens is 1. The molecule has 0 bridgehead atoms. The maximum Gasteiger partial charge on any atom is 0.314 e. The first kappa shape index (κ1) is 14.1. The van der Waals surface area contributed by atoms with Crippen LogP contribution >= 0.6 is 0 Å². The molecule has 1 amide bonds. The Morgan fingerprint density at radius 3 is 2.27 bits per heavy atom. The lowest BCUT2D eigenvalue weighted by atomic mass is 10.2. The van der Waals surface area contributed by atoms with Crippen LogP contribution in [0.3, 0.4) is 0 Å². The van der Waals surface area contributed by atoms with Gasteiger partial charge in [0.15, 0.2) is 0 Å². The fourth-order valence-corrected chi connectivity index (χ4v) is 2.22. The Morgan fingerprint density at radius 1 is 1.05 bits per heavy atom. The van der Waals surface area contributed by atoms with Gasteiger partial charge < -0.3 is 4.42 Å². The highest BCUT2D eigenvalue weighted by Gasteiger charge is 2.22. The predicted octanol–water partition coefficient (Wildman–Crippen LogP) is 3.83. The van der Waals surface area contributed by atoms with Crippen molar-refractivity contribution in [2.24, 2.45) is 0 Å². The molecule has 0 radical (unpaired) electrons. The largest absolute Gasteiger partial charge is 0.438 e. The molecule has 0 unspecified atom stereocenters. The molecule has 0 fully saturated rings. The third-order valence-corrected chi connectivity index (χ3v) is 3.30. The molecule has 0 aliphatic rings. The minimum Gasteiger partial charge on any atom is -0.438 e. The summed E-state index contributed by atoms with van der Waals surface area (Å²) in [4.78, 5) is 18.4. The van der Waals surface area contributed by atoms with Crippen LogP contribution in [0.25, 0.3) is 0 Å². The summed E-state index contributed by atoms with van der Waals surface area (Å²) < 4.78 is 5.38. The smallest absolute Gasteiger partial charge is 0.314 e. The lowest BCUT2D eigenvalue weighted by molar-refractivity contribution is 0.0950. The first-order valence-electron chi connectivity index (χ1n) is 7.07. The van der Waals surface area contributed by atoms with Crippen molar-refractivity contribution >= 4 is 11.6 Å². The minimum absolute atomic E-state index is 0.109. The Morgan fingerprint density at radius 2 is 1.68 bits per heavy atom. The summed E-state index contributed by atoms with van der Waals surface area (Å²) in [6.07, 6.45) is 1.55. The molecule has 1 heterocycles. The summed E-state index contributed by atoms with van der Waals surface area (Å²) in [5.41, 5.74) is 1.86.